The number of piperidine rings is 1. The maximum Gasteiger partial charge on any atom is 0.157 e. The Kier molecular flexibility index (Phi) is 4.12. The van der Waals surface area contributed by atoms with Gasteiger partial charge in [-0.05, 0) is 31.5 Å². The molecule has 0 aromatic carbocycles. The summed E-state index contributed by atoms with van der Waals surface area (Å²) in [5.41, 5.74) is 0.628. The molecule has 4 nitrogen and oxygen atoms in total. The van der Waals surface area contributed by atoms with Crippen molar-refractivity contribution in [3.63, 3.8) is 0 Å². The van der Waals surface area contributed by atoms with Crippen LogP contribution >= 0.6 is 0 Å². The SMILES string of the molecule is O=S(=O)(Cc1ccccn1)CC1CCCCN1. The van der Waals surface area contributed by atoms with Crippen molar-refractivity contribution >= 4 is 9.84 Å². The van der Waals surface area contributed by atoms with Gasteiger partial charge in [0, 0.05) is 12.2 Å². The van der Waals surface area contributed by atoms with Crippen molar-refractivity contribution in [3.05, 3.63) is 30.1 Å². The highest BCUT2D eigenvalue weighted by molar-refractivity contribution is 7.90. The fraction of sp³-hybridized carbons (Fsp3) is 0.583. The van der Waals surface area contributed by atoms with Gasteiger partial charge in [-0.1, -0.05) is 12.5 Å². The standard InChI is InChI=1S/C12H18N2O2S/c15-17(16,9-11-5-1-3-7-13-11)10-12-6-2-4-8-14-12/h1,3,5,7,12,14H,2,4,6,8-10H2. The normalized spacial score (nSPS) is 21.3. The lowest BCUT2D eigenvalue weighted by Gasteiger charge is -2.23. The van der Waals surface area contributed by atoms with Gasteiger partial charge in [0.05, 0.1) is 17.2 Å². The van der Waals surface area contributed by atoms with Crippen molar-refractivity contribution in [2.75, 3.05) is 12.3 Å². The van der Waals surface area contributed by atoms with Crippen LogP contribution in [-0.4, -0.2) is 31.7 Å². The zero-order valence-corrected chi connectivity index (χ0v) is 10.6. The topological polar surface area (TPSA) is 59.1 Å². The number of hydrogen-bond acceptors (Lipinski definition) is 4. The maximum absolute atomic E-state index is 12.0. The van der Waals surface area contributed by atoms with Gasteiger partial charge < -0.3 is 5.32 Å². The van der Waals surface area contributed by atoms with Crippen molar-refractivity contribution in [2.24, 2.45) is 0 Å². The first kappa shape index (κ1) is 12.5. The van der Waals surface area contributed by atoms with Crippen LogP contribution in [0.15, 0.2) is 24.4 Å². The van der Waals surface area contributed by atoms with Crippen molar-refractivity contribution in [1.29, 1.82) is 0 Å². The van der Waals surface area contributed by atoms with Gasteiger partial charge in [0.25, 0.3) is 0 Å². The molecule has 94 valence electrons. The molecule has 1 aliphatic rings. The molecule has 1 aromatic heterocycles. The second-order valence-corrected chi connectivity index (χ2v) is 6.63. The second-order valence-electron chi connectivity index (χ2n) is 4.52. The third kappa shape index (κ3) is 4.09. The van der Waals surface area contributed by atoms with E-state index in [2.05, 4.69) is 10.3 Å². The summed E-state index contributed by atoms with van der Waals surface area (Å²) in [6.45, 7) is 0.934. The zero-order chi connectivity index (χ0) is 12.1. The fourth-order valence-electron chi connectivity index (χ4n) is 2.14. The first-order valence-corrected chi connectivity index (χ1v) is 7.81. The van der Waals surface area contributed by atoms with Crippen LogP contribution in [0.1, 0.15) is 25.0 Å². The third-order valence-electron chi connectivity index (χ3n) is 2.96. The van der Waals surface area contributed by atoms with Crippen LogP contribution in [0.2, 0.25) is 0 Å². The molecule has 1 unspecified atom stereocenters. The van der Waals surface area contributed by atoms with Gasteiger partial charge in [-0.15, -0.1) is 0 Å². The van der Waals surface area contributed by atoms with Gasteiger partial charge in [0.15, 0.2) is 9.84 Å². The lowest BCUT2D eigenvalue weighted by Crippen LogP contribution is -2.39. The Labute approximate surface area is 102 Å². The highest BCUT2D eigenvalue weighted by Crippen LogP contribution is 2.11. The van der Waals surface area contributed by atoms with E-state index >= 15 is 0 Å². The van der Waals surface area contributed by atoms with E-state index < -0.39 is 9.84 Å². The quantitative estimate of drug-likeness (QED) is 0.875. The molecule has 1 atom stereocenters. The van der Waals surface area contributed by atoms with Crippen molar-refractivity contribution < 1.29 is 8.42 Å². The monoisotopic (exact) mass is 254 g/mol. The minimum absolute atomic E-state index is 0.0476. The van der Waals surface area contributed by atoms with Crippen LogP contribution in [0.5, 0.6) is 0 Å². The number of aromatic nitrogens is 1. The van der Waals surface area contributed by atoms with Gasteiger partial charge in [0.2, 0.25) is 0 Å². The third-order valence-corrected chi connectivity index (χ3v) is 4.61. The van der Waals surface area contributed by atoms with Crippen molar-refractivity contribution in [1.82, 2.24) is 10.3 Å². The van der Waals surface area contributed by atoms with Gasteiger partial charge in [-0.25, -0.2) is 8.42 Å². The molecule has 0 radical (unpaired) electrons. The summed E-state index contributed by atoms with van der Waals surface area (Å²) in [6, 6.07) is 5.49. The summed E-state index contributed by atoms with van der Waals surface area (Å²) < 4.78 is 24.0. The van der Waals surface area contributed by atoms with Crippen LogP contribution in [0, 0.1) is 0 Å². The minimum Gasteiger partial charge on any atom is -0.313 e. The molecule has 1 saturated heterocycles. The maximum atomic E-state index is 12.0. The Morgan fingerprint density at radius 3 is 2.88 bits per heavy atom. The molecule has 2 heterocycles. The molecule has 1 fully saturated rings. The molecule has 1 aliphatic heterocycles. The lowest BCUT2D eigenvalue weighted by atomic mass is 10.1. The van der Waals surface area contributed by atoms with Crippen molar-refractivity contribution in [2.45, 2.75) is 31.1 Å². The Morgan fingerprint density at radius 1 is 1.35 bits per heavy atom. The Hall–Kier alpha value is -0.940. The van der Waals surface area contributed by atoms with E-state index in [0.717, 1.165) is 25.8 Å². The van der Waals surface area contributed by atoms with Crippen LogP contribution in [0.25, 0.3) is 0 Å². The molecule has 1 N–H and O–H groups in total. The summed E-state index contributed by atoms with van der Waals surface area (Å²) in [4.78, 5) is 4.06. The van der Waals surface area contributed by atoms with Gasteiger partial charge in [-0.3, -0.25) is 4.98 Å². The molecular formula is C12H18N2O2S. The van der Waals surface area contributed by atoms with E-state index in [4.69, 9.17) is 0 Å². The van der Waals surface area contributed by atoms with E-state index in [1.807, 2.05) is 6.07 Å². The lowest BCUT2D eigenvalue weighted by molar-refractivity contribution is 0.423. The summed E-state index contributed by atoms with van der Waals surface area (Å²) in [5.74, 6) is 0.273. The van der Waals surface area contributed by atoms with Crippen molar-refractivity contribution in [3.8, 4) is 0 Å². The zero-order valence-electron chi connectivity index (χ0n) is 9.80. The number of sulfone groups is 1. The number of nitrogens with one attached hydrogen (secondary N) is 1. The molecule has 2 rings (SSSR count). The Balaban J connectivity index is 1.94. The highest BCUT2D eigenvalue weighted by Gasteiger charge is 2.21. The smallest absolute Gasteiger partial charge is 0.157 e. The molecule has 1 aromatic rings. The van der Waals surface area contributed by atoms with Gasteiger partial charge >= 0.3 is 0 Å². The summed E-state index contributed by atoms with van der Waals surface area (Å²) in [6.07, 6.45) is 4.86. The molecule has 17 heavy (non-hydrogen) atoms. The summed E-state index contributed by atoms with van der Waals surface area (Å²) in [5, 5.41) is 3.26. The first-order chi connectivity index (χ1) is 8.16. The molecule has 0 spiro atoms. The molecule has 0 amide bonds. The average Bonchev–Trinajstić information content (AvgIpc) is 2.30. The number of rotatable bonds is 4. The summed E-state index contributed by atoms with van der Waals surface area (Å²) >= 11 is 0. The highest BCUT2D eigenvalue weighted by atomic mass is 32.2. The Bertz CT molecular complexity index is 439. The van der Waals surface area contributed by atoms with Crippen LogP contribution in [0.4, 0.5) is 0 Å². The van der Waals surface area contributed by atoms with E-state index in [1.54, 1.807) is 18.3 Å². The average molecular weight is 254 g/mol. The Morgan fingerprint density at radius 2 is 2.24 bits per heavy atom. The van der Waals surface area contributed by atoms with Crippen LogP contribution in [0.3, 0.4) is 0 Å². The summed E-state index contributed by atoms with van der Waals surface area (Å²) in [7, 11) is -3.06. The second kappa shape index (κ2) is 5.60. The molecule has 0 aliphatic carbocycles. The van der Waals surface area contributed by atoms with E-state index in [9.17, 15) is 8.42 Å². The number of hydrogen-bond donors (Lipinski definition) is 1. The number of pyridine rings is 1. The number of nitrogens with zero attached hydrogens (tertiary/aromatic N) is 1. The molecule has 0 bridgehead atoms. The van der Waals surface area contributed by atoms with E-state index in [0.29, 0.717) is 5.69 Å². The molecule has 5 heteroatoms. The van der Waals surface area contributed by atoms with E-state index in [-0.39, 0.29) is 17.5 Å². The van der Waals surface area contributed by atoms with Crippen LogP contribution < -0.4 is 5.32 Å². The minimum atomic E-state index is -3.06. The molecular weight excluding hydrogens is 236 g/mol. The molecule has 0 saturated carbocycles. The van der Waals surface area contributed by atoms with Gasteiger partial charge in [-0.2, -0.15) is 0 Å². The first-order valence-electron chi connectivity index (χ1n) is 5.99. The largest absolute Gasteiger partial charge is 0.313 e. The fourth-order valence-corrected chi connectivity index (χ4v) is 3.78. The predicted molar refractivity (Wildman–Crippen MR) is 67.4 cm³/mol. The van der Waals surface area contributed by atoms with E-state index in [1.165, 1.54) is 0 Å². The van der Waals surface area contributed by atoms with Gasteiger partial charge in [0.1, 0.15) is 0 Å². The predicted octanol–water partition coefficient (Wildman–Crippen LogP) is 1.14. The van der Waals surface area contributed by atoms with Crippen LogP contribution in [-0.2, 0) is 15.6 Å².